The van der Waals surface area contributed by atoms with Crippen molar-refractivity contribution >= 4 is 35.7 Å². The third-order valence-electron chi connectivity index (χ3n) is 2.06. The molecule has 0 aliphatic carbocycles. The lowest BCUT2D eigenvalue weighted by Gasteiger charge is -2.03. The van der Waals surface area contributed by atoms with E-state index in [1.807, 2.05) is 24.3 Å². The van der Waals surface area contributed by atoms with Gasteiger partial charge in [0.05, 0.1) is 16.9 Å². The van der Waals surface area contributed by atoms with Crippen LogP contribution in [0.2, 0.25) is 0 Å². The molecule has 0 N–H and O–H groups in total. The molecule has 0 amide bonds. The second-order valence-corrected chi connectivity index (χ2v) is 2.82. The maximum Gasteiger partial charge on any atom is 0.0972 e. The third kappa shape index (κ3) is 1.19. The molecule has 3 nitrogen and oxygen atoms in total. The van der Waals surface area contributed by atoms with E-state index in [0.717, 1.165) is 22.3 Å². The van der Waals surface area contributed by atoms with Gasteiger partial charge in [0, 0.05) is 11.6 Å². The first-order valence-corrected chi connectivity index (χ1v) is 4.18. The van der Waals surface area contributed by atoms with E-state index in [4.69, 9.17) is 0 Å². The standard InChI is InChI=1S/C11H9N3/c1-12-10-6-5-9-8(11(10)13-2)4-3-7-14-9/h3-7H,1-2H2. The van der Waals surface area contributed by atoms with Crippen LogP contribution in [-0.2, 0) is 0 Å². The lowest BCUT2D eigenvalue weighted by Crippen LogP contribution is -1.78. The van der Waals surface area contributed by atoms with Gasteiger partial charge in [-0.25, -0.2) is 0 Å². The quantitative estimate of drug-likeness (QED) is 0.659. The second-order valence-electron chi connectivity index (χ2n) is 2.82. The molecular weight excluding hydrogens is 174 g/mol. The van der Waals surface area contributed by atoms with Crippen molar-refractivity contribution in [2.75, 3.05) is 0 Å². The van der Waals surface area contributed by atoms with Crippen molar-refractivity contribution in [2.24, 2.45) is 9.98 Å². The summed E-state index contributed by atoms with van der Waals surface area (Å²) in [5, 5.41) is 0.951. The molecule has 1 heterocycles. The highest BCUT2D eigenvalue weighted by Crippen LogP contribution is 2.34. The van der Waals surface area contributed by atoms with Crippen molar-refractivity contribution in [1.82, 2.24) is 4.98 Å². The number of benzene rings is 1. The van der Waals surface area contributed by atoms with Gasteiger partial charge < -0.3 is 0 Å². The highest BCUT2D eigenvalue weighted by molar-refractivity contribution is 5.96. The molecule has 1 aromatic heterocycles. The third-order valence-corrected chi connectivity index (χ3v) is 2.06. The first-order chi connectivity index (χ1) is 6.86. The molecule has 0 radical (unpaired) electrons. The second kappa shape index (κ2) is 3.38. The predicted molar refractivity (Wildman–Crippen MR) is 60.2 cm³/mol. The van der Waals surface area contributed by atoms with Gasteiger partial charge >= 0.3 is 0 Å². The molecule has 0 aliphatic heterocycles. The van der Waals surface area contributed by atoms with Crippen LogP contribution in [0.1, 0.15) is 0 Å². The fraction of sp³-hybridized carbons (Fsp3) is 0. The Hall–Kier alpha value is -2.03. The fourth-order valence-corrected chi connectivity index (χ4v) is 1.42. The number of aliphatic imine (C=N–C) groups is 2. The number of rotatable bonds is 2. The van der Waals surface area contributed by atoms with Gasteiger partial charge in [0.25, 0.3) is 0 Å². The maximum atomic E-state index is 4.22. The molecule has 14 heavy (non-hydrogen) atoms. The number of nitrogens with zero attached hydrogens (tertiary/aromatic N) is 3. The summed E-state index contributed by atoms with van der Waals surface area (Å²) in [7, 11) is 0. The van der Waals surface area contributed by atoms with Gasteiger partial charge in [0.15, 0.2) is 0 Å². The van der Waals surface area contributed by atoms with Gasteiger partial charge in [-0.05, 0) is 37.7 Å². The summed E-state index contributed by atoms with van der Waals surface area (Å²) in [4.78, 5) is 12.0. The highest BCUT2D eigenvalue weighted by atomic mass is 14.8. The fourth-order valence-electron chi connectivity index (χ4n) is 1.42. The summed E-state index contributed by atoms with van der Waals surface area (Å²) in [5.74, 6) is 0. The monoisotopic (exact) mass is 183 g/mol. The summed E-state index contributed by atoms with van der Waals surface area (Å²) in [6.45, 7) is 7.01. The van der Waals surface area contributed by atoms with Crippen molar-refractivity contribution in [3.8, 4) is 0 Å². The lowest BCUT2D eigenvalue weighted by atomic mass is 10.1. The van der Waals surface area contributed by atoms with E-state index >= 15 is 0 Å². The molecule has 2 aromatic rings. The predicted octanol–water partition coefficient (Wildman–Crippen LogP) is 2.90. The van der Waals surface area contributed by atoms with Crippen molar-refractivity contribution in [3.63, 3.8) is 0 Å². The van der Waals surface area contributed by atoms with E-state index in [1.165, 1.54) is 0 Å². The largest absolute Gasteiger partial charge is 0.262 e. The Balaban J connectivity index is 2.90. The van der Waals surface area contributed by atoms with Crippen LogP contribution in [0.25, 0.3) is 10.9 Å². The van der Waals surface area contributed by atoms with Crippen LogP contribution in [0.4, 0.5) is 11.4 Å². The van der Waals surface area contributed by atoms with Gasteiger partial charge in [-0.2, -0.15) is 0 Å². The van der Waals surface area contributed by atoms with Crippen LogP contribution >= 0.6 is 0 Å². The molecule has 3 heteroatoms. The minimum Gasteiger partial charge on any atom is -0.262 e. The summed E-state index contributed by atoms with van der Waals surface area (Å²) in [6, 6.07) is 7.55. The molecule has 0 saturated heterocycles. The van der Waals surface area contributed by atoms with Crippen LogP contribution in [0.3, 0.4) is 0 Å². The summed E-state index contributed by atoms with van der Waals surface area (Å²) < 4.78 is 0. The van der Waals surface area contributed by atoms with Crippen molar-refractivity contribution in [1.29, 1.82) is 0 Å². The van der Waals surface area contributed by atoms with Crippen molar-refractivity contribution in [3.05, 3.63) is 30.5 Å². The van der Waals surface area contributed by atoms with E-state index in [1.54, 1.807) is 6.20 Å². The van der Waals surface area contributed by atoms with E-state index < -0.39 is 0 Å². The smallest absolute Gasteiger partial charge is 0.0972 e. The Labute approximate surface area is 81.9 Å². The Morgan fingerprint density at radius 3 is 2.64 bits per heavy atom. The Bertz CT molecular complexity index is 503. The van der Waals surface area contributed by atoms with Crippen LogP contribution in [-0.4, -0.2) is 18.4 Å². The first kappa shape index (κ1) is 8.56. The molecule has 0 bridgehead atoms. The Morgan fingerprint density at radius 2 is 1.93 bits per heavy atom. The zero-order valence-corrected chi connectivity index (χ0v) is 7.64. The van der Waals surface area contributed by atoms with E-state index in [2.05, 4.69) is 28.4 Å². The van der Waals surface area contributed by atoms with Crippen LogP contribution in [0, 0.1) is 0 Å². The van der Waals surface area contributed by atoms with E-state index in [-0.39, 0.29) is 0 Å². The molecule has 0 saturated carbocycles. The zero-order chi connectivity index (χ0) is 9.97. The number of fused-ring (bicyclic) bond motifs is 1. The molecule has 2 rings (SSSR count). The Kier molecular flexibility index (Phi) is 2.07. The number of hydrogen-bond acceptors (Lipinski definition) is 3. The average Bonchev–Trinajstić information content (AvgIpc) is 2.27. The van der Waals surface area contributed by atoms with Crippen LogP contribution in [0.5, 0.6) is 0 Å². The van der Waals surface area contributed by atoms with Crippen molar-refractivity contribution in [2.45, 2.75) is 0 Å². The molecule has 0 spiro atoms. The number of aromatic nitrogens is 1. The van der Waals surface area contributed by atoms with E-state index in [9.17, 15) is 0 Å². The summed E-state index contributed by atoms with van der Waals surface area (Å²) >= 11 is 0. The van der Waals surface area contributed by atoms with Gasteiger partial charge in [-0.1, -0.05) is 0 Å². The van der Waals surface area contributed by atoms with Crippen molar-refractivity contribution < 1.29 is 0 Å². The molecule has 0 atom stereocenters. The first-order valence-electron chi connectivity index (χ1n) is 4.18. The lowest BCUT2D eigenvalue weighted by molar-refractivity contribution is 1.40. The summed E-state index contributed by atoms with van der Waals surface area (Å²) in [5.41, 5.74) is 2.37. The van der Waals surface area contributed by atoms with Crippen LogP contribution < -0.4 is 0 Å². The molecule has 0 unspecified atom stereocenters. The van der Waals surface area contributed by atoms with E-state index in [0.29, 0.717) is 0 Å². The highest BCUT2D eigenvalue weighted by Gasteiger charge is 2.04. The number of pyridine rings is 1. The zero-order valence-electron chi connectivity index (χ0n) is 7.64. The molecule has 0 aliphatic rings. The molecular formula is C11H9N3. The topological polar surface area (TPSA) is 37.6 Å². The molecule has 0 fully saturated rings. The minimum atomic E-state index is 0.737. The molecule has 68 valence electrons. The minimum absolute atomic E-state index is 0.737. The SMILES string of the molecule is C=Nc1ccc2ncccc2c1N=C. The average molecular weight is 183 g/mol. The Morgan fingerprint density at radius 1 is 1.07 bits per heavy atom. The normalized spacial score (nSPS) is 10.0. The maximum absolute atomic E-state index is 4.22. The number of hydrogen-bond donors (Lipinski definition) is 0. The van der Waals surface area contributed by atoms with Gasteiger partial charge in [-0.3, -0.25) is 15.0 Å². The summed E-state index contributed by atoms with van der Waals surface area (Å²) in [6.07, 6.45) is 1.75. The molecule has 1 aromatic carbocycles. The van der Waals surface area contributed by atoms with Gasteiger partial charge in [0.1, 0.15) is 0 Å². The van der Waals surface area contributed by atoms with Gasteiger partial charge in [0.2, 0.25) is 0 Å². The van der Waals surface area contributed by atoms with Gasteiger partial charge in [-0.15, -0.1) is 0 Å². The van der Waals surface area contributed by atoms with Crippen LogP contribution in [0.15, 0.2) is 40.4 Å².